The number of hydrogen-bond acceptors (Lipinski definition) is 4. The first-order valence-electron chi connectivity index (χ1n) is 11.9. The van der Waals surface area contributed by atoms with Gasteiger partial charge in [-0.05, 0) is 61.0 Å². The average molecular weight is 491 g/mol. The topological polar surface area (TPSA) is 85.2 Å². The second kappa shape index (κ2) is 10.4. The van der Waals surface area contributed by atoms with Gasteiger partial charge in [0, 0.05) is 28.6 Å². The summed E-state index contributed by atoms with van der Waals surface area (Å²) in [5.74, 6) is 0.939. The van der Waals surface area contributed by atoms with Crippen LogP contribution in [0.15, 0.2) is 97.1 Å². The largest absolute Gasteiger partial charge is 0.497 e. The third kappa shape index (κ3) is 5.36. The fraction of sp³-hybridized carbons (Fsp3) is 0.100. The van der Waals surface area contributed by atoms with Crippen LogP contribution < -0.4 is 15.4 Å². The molecular formula is C30H26N4O3. The lowest BCUT2D eigenvalue weighted by molar-refractivity contribution is -0.116. The molecule has 0 atom stereocenters. The molecule has 0 saturated heterocycles. The van der Waals surface area contributed by atoms with Crippen molar-refractivity contribution in [3.8, 4) is 17.1 Å². The Morgan fingerprint density at radius 2 is 1.57 bits per heavy atom. The highest BCUT2D eigenvalue weighted by atomic mass is 16.5. The van der Waals surface area contributed by atoms with Crippen molar-refractivity contribution < 1.29 is 14.3 Å². The molecule has 0 aliphatic carbocycles. The average Bonchev–Trinajstić information content (AvgIpc) is 3.27. The quantitative estimate of drug-likeness (QED) is 0.297. The Hall–Kier alpha value is -4.91. The van der Waals surface area contributed by atoms with Gasteiger partial charge < -0.3 is 19.9 Å². The Bertz CT molecular complexity index is 1590. The van der Waals surface area contributed by atoms with Gasteiger partial charge in [-0.15, -0.1) is 0 Å². The van der Waals surface area contributed by atoms with E-state index in [9.17, 15) is 9.59 Å². The lowest BCUT2D eigenvalue weighted by Gasteiger charge is -2.11. The van der Waals surface area contributed by atoms with E-state index in [1.54, 1.807) is 31.4 Å². The minimum Gasteiger partial charge on any atom is -0.497 e. The van der Waals surface area contributed by atoms with Crippen LogP contribution >= 0.6 is 0 Å². The number of rotatable bonds is 7. The zero-order valence-electron chi connectivity index (χ0n) is 20.6. The summed E-state index contributed by atoms with van der Waals surface area (Å²) in [7, 11) is 1.58. The third-order valence-electron chi connectivity index (χ3n) is 5.99. The molecule has 0 spiro atoms. The van der Waals surface area contributed by atoms with Crippen molar-refractivity contribution in [2.24, 2.45) is 0 Å². The van der Waals surface area contributed by atoms with E-state index >= 15 is 0 Å². The molecule has 0 saturated carbocycles. The first-order chi connectivity index (χ1) is 18.0. The van der Waals surface area contributed by atoms with Crippen molar-refractivity contribution in [2.75, 3.05) is 17.7 Å². The predicted octanol–water partition coefficient (Wildman–Crippen LogP) is 5.91. The third-order valence-corrected chi connectivity index (χ3v) is 5.99. The molecule has 7 nitrogen and oxygen atoms in total. The molecule has 0 fully saturated rings. The van der Waals surface area contributed by atoms with Crippen molar-refractivity contribution >= 4 is 34.2 Å². The van der Waals surface area contributed by atoms with Gasteiger partial charge in [-0.3, -0.25) is 9.59 Å². The van der Waals surface area contributed by atoms with Crippen molar-refractivity contribution in [1.29, 1.82) is 0 Å². The Labute approximate surface area is 214 Å². The van der Waals surface area contributed by atoms with Crippen LogP contribution in [0.3, 0.4) is 0 Å². The van der Waals surface area contributed by atoms with Gasteiger partial charge in [0.1, 0.15) is 18.1 Å². The first-order valence-corrected chi connectivity index (χ1v) is 11.9. The Morgan fingerprint density at radius 1 is 0.838 bits per heavy atom. The summed E-state index contributed by atoms with van der Waals surface area (Å²) in [5.41, 5.74) is 5.43. The van der Waals surface area contributed by atoms with E-state index in [0.29, 0.717) is 22.8 Å². The molecule has 37 heavy (non-hydrogen) atoms. The maximum atomic E-state index is 13.0. The summed E-state index contributed by atoms with van der Waals surface area (Å²) in [6, 6.07) is 29.8. The number of amides is 2. The second-order valence-corrected chi connectivity index (χ2v) is 8.69. The molecule has 2 amide bonds. The standard InChI is InChI=1S/C30H26N4O3/c1-20-7-5-8-23(17-20)31-28(35)19-34-27-12-4-3-11-26(27)33-29(34)21-13-15-22(16-14-21)30(36)32-24-9-6-10-25(18-24)37-2/h3-18H,19H2,1-2H3,(H,31,35)(H,32,36). The normalized spacial score (nSPS) is 10.8. The summed E-state index contributed by atoms with van der Waals surface area (Å²) >= 11 is 0. The maximum Gasteiger partial charge on any atom is 0.255 e. The number of hydrogen-bond donors (Lipinski definition) is 2. The van der Waals surface area contributed by atoms with Gasteiger partial charge in [-0.2, -0.15) is 0 Å². The fourth-order valence-corrected chi connectivity index (χ4v) is 4.20. The van der Waals surface area contributed by atoms with Crippen LogP contribution in [0.1, 0.15) is 15.9 Å². The smallest absolute Gasteiger partial charge is 0.255 e. The Morgan fingerprint density at radius 3 is 2.32 bits per heavy atom. The highest BCUT2D eigenvalue weighted by Crippen LogP contribution is 2.26. The molecule has 184 valence electrons. The molecule has 0 radical (unpaired) electrons. The number of benzene rings is 4. The number of para-hydroxylation sites is 2. The van der Waals surface area contributed by atoms with Crippen LogP contribution in [-0.4, -0.2) is 28.5 Å². The second-order valence-electron chi connectivity index (χ2n) is 8.69. The van der Waals surface area contributed by atoms with Gasteiger partial charge in [-0.25, -0.2) is 4.98 Å². The Kier molecular flexibility index (Phi) is 6.68. The molecule has 7 heteroatoms. The molecule has 0 bridgehead atoms. The van der Waals surface area contributed by atoms with Crippen molar-refractivity contribution in [1.82, 2.24) is 9.55 Å². The monoisotopic (exact) mass is 490 g/mol. The highest BCUT2D eigenvalue weighted by molar-refractivity contribution is 6.04. The van der Waals surface area contributed by atoms with Gasteiger partial charge >= 0.3 is 0 Å². The summed E-state index contributed by atoms with van der Waals surface area (Å²) in [6.45, 7) is 2.08. The summed E-state index contributed by atoms with van der Waals surface area (Å²) < 4.78 is 7.11. The molecule has 5 rings (SSSR count). The van der Waals surface area contributed by atoms with E-state index in [1.807, 2.05) is 84.3 Å². The Balaban J connectivity index is 1.39. The van der Waals surface area contributed by atoms with Gasteiger partial charge in [-0.1, -0.05) is 42.5 Å². The first kappa shape index (κ1) is 23.8. The summed E-state index contributed by atoms with van der Waals surface area (Å²) in [6.07, 6.45) is 0. The SMILES string of the molecule is COc1cccc(NC(=O)c2ccc(-c3nc4ccccc4n3CC(=O)Nc3cccc(C)c3)cc2)c1. The van der Waals surface area contributed by atoms with Crippen molar-refractivity contribution in [3.63, 3.8) is 0 Å². The molecule has 0 aliphatic rings. The maximum absolute atomic E-state index is 13.0. The van der Waals surface area contributed by atoms with Gasteiger partial charge in [0.25, 0.3) is 5.91 Å². The molecule has 1 aromatic heterocycles. The minimum absolute atomic E-state index is 0.0991. The van der Waals surface area contributed by atoms with Crippen LogP contribution in [0.5, 0.6) is 5.75 Å². The van der Waals surface area contributed by atoms with E-state index in [4.69, 9.17) is 9.72 Å². The van der Waals surface area contributed by atoms with Crippen LogP contribution in [-0.2, 0) is 11.3 Å². The number of ether oxygens (including phenoxy) is 1. The number of nitrogens with one attached hydrogen (secondary N) is 2. The number of carbonyl (C=O) groups is 2. The zero-order valence-corrected chi connectivity index (χ0v) is 20.6. The van der Waals surface area contributed by atoms with Crippen molar-refractivity contribution in [2.45, 2.75) is 13.5 Å². The highest BCUT2D eigenvalue weighted by Gasteiger charge is 2.16. The van der Waals surface area contributed by atoms with E-state index in [1.165, 1.54) is 0 Å². The van der Waals surface area contributed by atoms with Gasteiger partial charge in [0.2, 0.25) is 5.91 Å². The number of nitrogens with zero attached hydrogens (tertiary/aromatic N) is 2. The summed E-state index contributed by atoms with van der Waals surface area (Å²) in [4.78, 5) is 30.5. The molecule has 0 aliphatic heterocycles. The van der Waals surface area contributed by atoms with E-state index in [-0.39, 0.29) is 18.4 Å². The minimum atomic E-state index is -0.231. The lowest BCUT2D eigenvalue weighted by Crippen LogP contribution is -2.19. The number of aryl methyl sites for hydroxylation is 1. The molecule has 5 aromatic rings. The summed E-state index contributed by atoms with van der Waals surface area (Å²) in [5, 5.41) is 5.86. The number of carbonyl (C=O) groups excluding carboxylic acids is 2. The number of aromatic nitrogens is 2. The lowest BCUT2D eigenvalue weighted by atomic mass is 10.1. The van der Waals surface area contributed by atoms with Gasteiger partial charge in [0.15, 0.2) is 0 Å². The van der Waals surface area contributed by atoms with Crippen LogP contribution in [0.25, 0.3) is 22.4 Å². The van der Waals surface area contributed by atoms with E-state index < -0.39 is 0 Å². The fourth-order valence-electron chi connectivity index (χ4n) is 4.20. The van der Waals surface area contributed by atoms with Crippen molar-refractivity contribution in [3.05, 3.63) is 108 Å². The van der Waals surface area contributed by atoms with Crippen LogP contribution in [0, 0.1) is 6.92 Å². The molecule has 2 N–H and O–H groups in total. The number of fused-ring (bicyclic) bond motifs is 1. The van der Waals surface area contributed by atoms with Gasteiger partial charge in [0.05, 0.1) is 18.1 Å². The van der Waals surface area contributed by atoms with E-state index in [2.05, 4.69) is 10.6 Å². The van der Waals surface area contributed by atoms with Crippen LogP contribution in [0.2, 0.25) is 0 Å². The molecule has 4 aromatic carbocycles. The number of anilines is 2. The molecular weight excluding hydrogens is 464 g/mol. The predicted molar refractivity (Wildman–Crippen MR) is 146 cm³/mol. The number of methoxy groups -OCH3 is 1. The molecule has 1 heterocycles. The zero-order chi connectivity index (χ0) is 25.8. The van der Waals surface area contributed by atoms with E-state index in [0.717, 1.165) is 27.8 Å². The van der Waals surface area contributed by atoms with Crippen LogP contribution in [0.4, 0.5) is 11.4 Å². The molecule has 0 unspecified atom stereocenters. The number of imidazole rings is 1.